The smallest absolute Gasteiger partial charge is 0.324 e. The Hall–Kier alpha value is -1.45. The summed E-state index contributed by atoms with van der Waals surface area (Å²) in [6.07, 6.45) is 2.31. The molecule has 0 radical (unpaired) electrons. The molecule has 0 amide bonds. The summed E-state index contributed by atoms with van der Waals surface area (Å²) in [5.74, 6) is -0.626. The largest absolute Gasteiger partial charge is 0.480 e. The molecule has 0 aromatic carbocycles. The molecule has 0 spiro atoms. The van der Waals surface area contributed by atoms with Crippen molar-refractivity contribution in [1.82, 2.24) is 13.9 Å². The van der Waals surface area contributed by atoms with Gasteiger partial charge < -0.3 is 14.4 Å². The fourth-order valence-corrected chi connectivity index (χ4v) is 3.81. The summed E-state index contributed by atoms with van der Waals surface area (Å²) in [6, 6.07) is -1.21. The van der Waals surface area contributed by atoms with Crippen molar-refractivity contribution in [2.45, 2.75) is 37.9 Å². The van der Waals surface area contributed by atoms with Crippen LogP contribution < -0.4 is 0 Å². The van der Waals surface area contributed by atoms with Gasteiger partial charge >= 0.3 is 5.97 Å². The minimum Gasteiger partial charge on any atom is -0.480 e. The molecule has 0 aliphatic carbocycles. The third kappa shape index (κ3) is 3.09. The number of imidazole rings is 1. The van der Waals surface area contributed by atoms with Crippen molar-refractivity contribution < 1.29 is 23.1 Å². The molecule has 118 valence electrons. The molecule has 2 heterocycles. The first kappa shape index (κ1) is 15.9. The van der Waals surface area contributed by atoms with Crippen molar-refractivity contribution in [3.63, 3.8) is 0 Å². The predicted octanol–water partition coefficient (Wildman–Crippen LogP) is 0.0756. The molecule has 9 heteroatoms. The monoisotopic (exact) mass is 317 g/mol. The Morgan fingerprint density at radius 3 is 2.90 bits per heavy atom. The zero-order valence-electron chi connectivity index (χ0n) is 12.0. The number of ether oxygens (including phenoxy) is 1. The van der Waals surface area contributed by atoms with Gasteiger partial charge in [-0.1, -0.05) is 6.92 Å². The molecule has 1 saturated heterocycles. The summed E-state index contributed by atoms with van der Waals surface area (Å²) in [4.78, 5) is 15.3. The van der Waals surface area contributed by atoms with Gasteiger partial charge in [0.1, 0.15) is 11.9 Å². The highest BCUT2D eigenvalue weighted by Gasteiger charge is 2.39. The number of hydrogen-bond acceptors (Lipinski definition) is 5. The molecule has 0 bridgehead atoms. The molecular weight excluding hydrogens is 298 g/mol. The maximum absolute atomic E-state index is 12.6. The Labute approximate surface area is 123 Å². The van der Waals surface area contributed by atoms with E-state index in [-0.39, 0.29) is 24.8 Å². The zero-order valence-corrected chi connectivity index (χ0v) is 12.8. The number of aromatic nitrogens is 2. The lowest BCUT2D eigenvalue weighted by molar-refractivity contribution is -0.146. The fraction of sp³-hybridized carbons (Fsp3) is 0.667. The second kappa shape index (κ2) is 6.12. The first-order chi connectivity index (χ1) is 9.87. The lowest BCUT2D eigenvalue weighted by Gasteiger charge is -2.31. The van der Waals surface area contributed by atoms with Crippen LogP contribution in [0.15, 0.2) is 11.2 Å². The van der Waals surface area contributed by atoms with E-state index in [9.17, 15) is 13.2 Å². The lowest BCUT2D eigenvalue weighted by Crippen LogP contribution is -2.52. The maximum Gasteiger partial charge on any atom is 0.324 e. The summed E-state index contributed by atoms with van der Waals surface area (Å²) in [7, 11) is -3.94. The van der Waals surface area contributed by atoms with Crippen molar-refractivity contribution in [3.8, 4) is 0 Å². The Morgan fingerprint density at radius 2 is 2.29 bits per heavy atom. The molecule has 1 aromatic rings. The van der Waals surface area contributed by atoms with Crippen LogP contribution in [0.2, 0.25) is 0 Å². The highest BCUT2D eigenvalue weighted by atomic mass is 32.2. The van der Waals surface area contributed by atoms with Crippen molar-refractivity contribution in [2.75, 3.05) is 19.8 Å². The van der Waals surface area contributed by atoms with Crippen LogP contribution in [0.5, 0.6) is 0 Å². The van der Waals surface area contributed by atoms with Gasteiger partial charge in [-0.2, -0.15) is 4.31 Å². The normalized spacial score (nSPS) is 20.6. The summed E-state index contributed by atoms with van der Waals surface area (Å²) >= 11 is 0. The second-order valence-electron chi connectivity index (χ2n) is 4.86. The first-order valence-corrected chi connectivity index (χ1v) is 8.18. The van der Waals surface area contributed by atoms with Gasteiger partial charge in [0.05, 0.1) is 13.2 Å². The molecule has 8 nitrogen and oxygen atoms in total. The Bertz CT molecular complexity index is 625. The molecule has 1 N–H and O–H groups in total. The van der Waals surface area contributed by atoms with Crippen molar-refractivity contribution >= 4 is 16.0 Å². The van der Waals surface area contributed by atoms with Gasteiger partial charge in [0.2, 0.25) is 0 Å². The summed E-state index contributed by atoms with van der Waals surface area (Å²) < 4.78 is 33.0. The zero-order chi connectivity index (χ0) is 15.6. The standard InChI is InChI=1S/C12H19N3O5S/c1-3-4-14-7-11(13-9(14)2)21(18,19)15-5-6-20-8-10(15)12(16)17/h7,10H,3-6,8H2,1-2H3,(H,16,17). The minimum absolute atomic E-state index is 0.0129. The molecule has 1 atom stereocenters. The minimum atomic E-state index is -3.94. The van der Waals surface area contributed by atoms with Gasteiger partial charge in [-0.3, -0.25) is 4.79 Å². The van der Waals surface area contributed by atoms with Crippen LogP contribution in [-0.4, -0.2) is 59.2 Å². The van der Waals surface area contributed by atoms with E-state index in [2.05, 4.69) is 4.98 Å². The quantitative estimate of drug-likeness (QED) is 0.825. The van der Waals surface area contributed by atoms with Gasteiger partial charge in [-0.15, -0.1) is 0 Å². The molecule has 0 saturated carbocycles. The molecule has 1 aromatic heterocycles. The maximum atomic E-state index is 12.6. The first-order valence-electron chi connectivity index (χ1n) is 6.74. The highest BCUT2D eigenvalue weighted by Crippen LogP contribution is 2.20. The van der Waals surface area contributed by atoms with Crippen LogP contribution in [0.1, 0.15) is 19.2 Å². The van der Waals surface area contributed by atoms with Crippen LogP contribution in [-0.2, 0) is 26.1 Å². The molecule has 1 fully saturated rings. The van der Waals surface area contributed by atoms with E-state index in [4.69, 9.17) is 9.84 Å². The van der Waals surface area contributed by atoms with E-state index >= 15 is 0 Å². The molecule has 1 aliphatic heterocycles. The van der Waals surface area contributed by atoms with Crippen molar-refractivity contribution in [2.24, 2.45) is 0 Å². The van der Waals surface area contributed by atoms with E-state index in [1.807, 2.05) is 6.92 Å². The van der Waals surface area contributed by atoms with E-state index in [0.29, 0.717) is 12.4 Å². The third-order valence-electron chi connectivity index (χ3n) is 3.36. The summed E-state index contributed by atoms with van der Waals surface area (Å²) in [5, 5.41) is 9.04. The SMILES string of the molecule is CCCn1cc(S(=O)(=O)N2CCOCC2C(=O)O)nc1C. The second-order valence-corrected chi connectivity index (χ2v) is 6.70. The number of carbonyl (C=O) groups is 1. The van der Waals surface area contributed by atoms with E-state index in [1.54, 1.807) is 11.5 Å². The Balaban J connectivity index is 2.36. The molecule has 1 aliphatic rings. The third-order valence-corrected chi connectivity index (χ3v) is 5.14. The molecule has 2 rings (SSSR count). The number of aliphatic carboxylic acids is 1. The van der Waals surface area contributed by atoms with Gasteiger partial charge in [0, 0.05) is 19.3 Å². The number of rotatable bonds is 5. The van der Waals surface area contributed by atoms with Crippen LogP contribution in [0.4, 0.5) is 0 Å². The number of aryl methyl sites for hydroxylation is 2. The number of sulfonamides is 1. The fourth-order valence-electron chi connectivity index (χ4n) is 2.26. The molecular formula is C12H19N3O5S. The number of morpholine rings is 1. The molecule has 1 unspecified atom stereocenters. The van der Waals surface area contributed by atoms with Crippen LogP contribution in [0.3, 0.4) is 0 Å². The number of carboxylic acid groups (broad SMARTS) is 1. The van der Waals surface area contributed by atoms with E-state index in [0.717, 1.165) is 10.7 Å². The molecule has 21 heavy (non-hydrogen) atoms. The average Bonchev–Trinajstić information content (AvgIpc) is 2.81. The van der Waals surface area contributed by atoms with Gasteiger partial charge in [0.25, 0.3) is 10.0 Å². The Morgan fingerprint density at radius 1 is 1.57 bits per heavy atom. The number of nitrogens with zero attached hydrogens (tertiary/aromatic N) is 3. The highest BCUT2D eigenvalue weighted by molar-refractivity contribution is 7.89. The Kier molecular flexibility index (Phi) is 4.64. The van der Waals surface area contributed by atoms with Gasteiger partial charge in [-0.05, 0) is 13.3 Å². The van der Waals surface area contributed by atoms with E-state index < -0.39 is 22.0 Å². The van der Waals surface area contributed by atoms with Crippen molar-refractivity contribution in [3.05, 3.63) is 12.0 Å². The lowest BCUT2D eigenvalue weighted by atomic mass is 10.3. The summed E-state index contributed by atoms with van der Waals surface area (Å²) in [5.41, 5.74) is 0. The number of carboxylic acids is 1. The van der Waals surface area contributed by atoms with Crippen LogP contribution in [0, 0.1) is 6.92 Å². The summed E-state index contributed by atoms with van der Waals surface area (Å²) in [6.45, 7) is 4.42. The van der Waals surface area contributed by atoms with Crippen molar-refractivity contribution in [1.29, 1.82) is 0 Å². The van der Waals surface area contributed by atoms with E-state index in [1.165, 1.54) is 6.20 Å². The average molecular weight is 317 g/mol. The topological polar surface area (TPSA) is 102 Å². The van der Waals surface area contributed by atoms with Gasteiger partial charge in [0.15, 0.2) is 5.03 Å². The predicted molar refractivity (Wildman–Crippen MR) is 73.4 cm³/mol. The van der Waals surface area contributed by atoms with Gasteiger partial charge in [-0.25, -0.2) is 13.4 Å². The van der Waals surface area contributed by atoms with Crippen LogP contribution >= 0.6 is 0 Å². The number of hydrogen-bond donors (Lipinski definition) is 1. The van der Waals surface area contributed by atoms with Crippen LogP contribution in [0.25, 0.3) is 0 Å².